The summed E-state index contributed by atoms with van der Waals surface area (Å²) in [4.78, 5) is 15.8. The maximum absolute atomic E-state index is 14.3. The Bertz CT molecular complexity index is 897. The van der Waals surface area contributed by atoms with Crippen LogP contribution < -0.4 is 9.64 Å². The zero-order chi connectivity index (χ0) is 23.1. The number of halogens is 1. The Hall–Kier alpha value is -2.64. The van der Waals surface area contributed by atoms with Gasteiger partial charge in [-0.25, -0.2) is 9.18 Å². The summed E-state index contributed by atoms with van der Waals surface area (Å²) in [5.74, 6) is 0.104. The van der Waals surface area contributed by atoms with E-state index in [1.807, 2.05) is 37.3 Å². The van der Waals surface area contributed by atoms with E-state index in [-0.39, 0.29) is 11.8 Å². The van der Waals surface area contributed by atoms with E-state index >= 15 is 0 Å². The lowest BCUT2D eigenvalue weighted by atomic mass is 9.86. The molecule has 2 amide bonds. The van der Waals surface area contributed by atoms with Crippen LogP contribution in [0.25, 0.3) is 0 Å². The molecule has 2 aromatic rings. The summed E-state index contributed by atoms with van der Waals surface area (Å²) in [5, 5.41) is 0. The summed E-state index contributed by atoms with van der Waals surface area (Å²) in [6.07, 6.45) is 2.26. The summed E-state index contributed by atoms with van der Waals surface area (Å²) in [7, 11) is 5.21. The van der Waals surface area contributed by atoms with Crippen LogP contribution in [0.15, 0.2) is 42.5 Å². The van der Waals surface area contributed by atoms with E-state index in [0.717, 1.165) is 23.2 Å². The first-order valence-electron chi connectivity index (χ1n) is 11.0. The predicted molar refractivity (Wildman–Crippen MR) is 123 cm³/mol. The van der Waals surface area contributed by atoms with Gasteiger partial charge >= 0.3 is 6.03 Å². The lowest BCUT2D eigenvalue weighted by Gasteiger charge is -2.36. The molecule has 1 aliphatic heterocycles. The predicted octanol–water partition coefficient (Wildman–Crippen LogP) is 4.95. The van der Waals surface area contributed by atoms with E-state index in [2.05, 4.69) is 0 Å². The highest BCUT2D eigenvalue weighted by atomic mass is 19.1. The number of anilines is 1. The third kappa shape index (κ3) is 5.58. The largest absolute Gasteiger partial charge is 0.489 e. The monoisotopic (exact) mass is 444 g/mol. The van der Waals surface area contributed by atoms with Crippen LogP contribution in [0.4, 0.5) is 14.9 Å². The molecule has 2 aromatic carbocycles. The molecule has 174 valence electrons. The van der Waals surface area contributed by atoms with Crippen LogP contribution in [0.5, 0.6) is 5.75 Å². The second-order valence-corrected chi connectivity index (χ2v) is 8.20. The number of amides is 2. The molecule has 3 rings (SSSR count). The van der Waals surface area contributed by atoms with Crippen LogP contribution in [-0.2, 0) is 21.7 Å². The molecule has 0 N–H and O–H groups in total. The van der Waals surface area contributed by atoms with Crippen molar-refractivity contribution in [1.82, 2.24) is 4.90 Å². The molecule has 0 spiro atoms. The third-order valence-electron chi connectivity index (χ3n) is 5.99. The maximum atomic E-state index is 14.3. The van der Waals surface area contributed by atoms with Crippen molar-refractivity contribution in [3.63, 3.8) is 0 Å². The van der Waals surface area contributed by atoms with E-state index in [4.69, 9.17) is 14.2 Å². The smallest absolute Gasteiger partial charge is 0.323 e. The Labute approximate surface area is 189 Å². The molecule has 7 heteroatoms. The number of carbonyl (C=O) groups excluding carboxylic acids is 1. The van der Waals surface area contributed by atoms with Crippen LogP contribution in [0.3, 0.4) is 0 Å². The van der Waals surface area contributed by atoms with Gasteiger partial charge in [-0.3, -0.25) is 4.90 Å². The van der Waals surface area contributed by atoms with Crippen molar-refractivity contribution in [2.24, 2.45) is 0 Å². The van der Waals surface area contributed by atoms with Gasteiger partial charge in [0.05, 0.1) is 5.60 Å². The highest BCUT2D eigenvalue weighted by Crippen LogP contribution is 2.37. The van der Waals surface area contributed by atoms with Crippen molar-refractivity contribution < 1.29 is 23.4 Å². The van der Waals surface area contributed by atoms with Gasteiger partial charge in [-0.2, -0.15) is 0 Å². The van der Waals surface area contributed by atoms with Gasteiger partial charge in [-0.15, -0.1) is 0 Å². The molecule has 0 bridgehead atoms. The fourth-order valence-electron chi connectivity index (χ4n) is 4.00. The summed E-state index contributed by atoms with van der Waals surface area (Å²) < 4.78 is 31.5. The van der Waals surface area contributed by atoms with Gasteiger partial charge in [-0.05, 0) is 41.8 Å². The third-order valence-corrected chi connectivity index (χ3v) is 5.99. The van der Waals surface area contributed by atoms with Crippen LogP contribution >= 0.6 is 0 Å². The van der Waals surface area contributed by atoms with Crippen molar-refractivity contribution in [3.8, 4) is 5.75 Å². The highest BCUT2D eigenvalue weighted by molar-refractivity contribution is 5.91. The fraction of sp³-hybridized carbons (Fsp3) is 0.480. The first kappa shape index (κ1) is 24.0. The molecular weight excluding hydrogens is 411 g/mol. The van der Waals surface area contributed by atoms with Gasteiger partial charge in [0.1, 0.15) is 18.2 Å². The van der Waals surface area contributed by atoms with E-state index in [1.165, 1.54) is 12.1 Å². The van der Waals surface area contributed by atoms with Gasteiger partial charge in [0.2, 0.25) is 0 Å². The SMILES string of the molecule is CCCN(C)C(=O)N(C)c1ccc(COc2cc(F)cc(C3(OC)CCOCC3)c2)cc1. The van der Waals surface area contributed by atoms with E-state index in [0.29, 0.717) is 45.0 Å². The van der Waals surface area contributed by atoms with Crippen LogP contribution in [0, 0.1) is 5.82 Å². The number of ether oxygens (including phenoxy) is 3. The Morgan fingerprint density at radius 1 is 1.12 bits per heavy atom. The Morgan fingerprint density at radius 3 is 2.44 bits per heavy atom. The number of urea groups is 1. The average Bonchev–Trinajstić information content (AvgIpc) is 2.82. The lowest BCUT2D eigenvalue weighted by Crippen LogP contribution is -2.39. The van der Waals surface area contributed by atoms with Gasteiger partial charge in [0.25, 0.3) is 0 Å². The highest BCUT2D eigenvalue weighted by Gasteiger charge is 2.35. The fourth-order valence-corrected chi connectivity index (χ4v) is 4.00. The van der Waals surface area contributed by atoms with Gasteiger partial charge in [-0.1, -0.05) is 19.1 Å². The number of benzene rings is 2. The minimum atomic E-state index is -0.553. The quantitative estimate of drug-likeness (QED) is 0.578. The zero-order valence-electron chi connectivity index (χ0n) is 19.4. The van der Waals surface area contributed by atoms with Crippen molar-refractivity contribution in [2.75, 3.05) is 45.9 Å². The van der Waals surface area contributed by atoms with E-state index in [9.17, 15) is 9.18 Å². The molecule has 0 saturated carbocycles. The Kier molecular flexibility index (Phi) is 8.10. The molecule has 0 radical (unpaired) electrons. The molecule has 0 unspecified atom stereocenters. The van der Waals surface area contributed by atoms with Crippen LogP contribution in [0.2, 0.25) is 0 Å². The molecule has 1 fully saturated rings. The maximum Gasteiger partial charge on any atom is 0.323 e. The Morgan fingerprint density at radius 2 is 1.81 bits per heavy atom. The number of nitrogens with zero attached hydrogens (tertiary/aromatic N) is 2. The van der Waals surface area contributed by atoms with E-state index < -0.39 is 5.60 Å². The van der Waals surface area contributed by atoms with Crippen molar-refractivity contribution in [1.29, 1.82) is 0 Å². The summed E-state index contributed by atoms with van der Waals surface area (Å²) in [6.45, 7) is 4.21. The minimum absolute atomic E-state index is 0.0525. The van der Waals surface area contributed by atoms with E-state index in [1.54, 1.807) is 31.0 Å². The number of methoxy groups -OCH3 is 1. The number of carbonyl (C=O) groups is 1. The molecule has 1 heterocycles. The molecule has 0 aliphatic carbocycles. The van der Waals surface area contributed by atoms with Gasteiger partial charge in [0, 0.05) is 65.6 Å². The molecule has 1 aliphatic rings. The van der Waals surface area contributed by atoms with Gasteiger partial charge in [0.15, 0.2) is 0 Å². The second-order valence-electron chi connectivity index (χ2n) is 8.20. The van der Waals surface area contributed by atoms with Crippen LogP contribution in [-0.4, -0.2) is 51.9 Å². The molecule has 32 heavy (non-hydrogen) atoms. The standard InChI is InChI=1S/C25H33FN2O4/c1-5-12-27(2)24(29)28(3)22-8-6-19(7-9-22)18-32-23-16-20(15-21(26)17-23)25(30-4)10-13-31-14-11-25/h6-9,15-17H,5,10-14,18H2,1-4H3. The zero-order valence-corrected chi connectivity index (χ0v) is 19.4. The number of hydrogen-bond donors (Lipinski definition) is 0. The molecule has 0 atom stereocenters. The number of hydrogen-bond acceptors (Lipinski definition) is 4. The average molecular weight is 445 g/mol. The van der Waals surface area contributed by atoms with Crippen LogP contribution in [0.1, 0.15) is 37.3 Å². The number of rotatable bonds is 8. The van der Waals surface area contributed by atoms with Crippen molar-refractivity contribution in [2.45, 2.75) is 38.4 Å². The van der Waals surface area contributed by atoms with Crippen molar-refractivity contribution >= 4 is 11.7 Å². The first-order valence-corrected chi connectivity index (χ1v) is 11.0. The molecule has 1 saturated heterocycles. The van der Waals surface area contributed by atoms with Gasteiger partial charge < -0.3 is 19.1 Å². The second kappa shape index (κ2) is 10.8. The molecular formula is C25H33FN2O4. The summed E-state index contributed by atoms with van der Waals surface area (Å²) in [5.41, 5.74) is 1.94. The molecule has 6 nitrogen and oxygen atoms in total. The van der Waals surface area contributed by atoms with Crippen molar-refractivity contribution in [3.05, 3.63) is 59.4 Å². The summed E-state index contributed by atoms with van der Waals surface area (Å²) in [6, 6.07) is 12.3. The molecule has 0 aromatic heterocycles. The Balaban J connectivity index is 1.67. The topological polar surface area (TPSA) is 51.2 Å². The summed E-state index contributed by atoms with van der Waals surface area (Å²) >= 11 is 0. The minimum Gasteiger partial charge on any atom is -0.489 e. The lowest BCUT2D eigenvalue weighted by molar-refractivity contribution is -0.0950. The first-order chi connectivity index (χ1) is 15.4. The normalized spacial score (nSPS) is 15.3.